The van der Waals surface area contributed by atoms with Gasteiger partial charge in [-0.05, 0) is 29.5 Å². The van der Waals surface area contributed by atoms with Gasteiger partial charge < -0.3 is 5.32 Å². The van der Waals surface area contributed by atoms with E-state index in [1.165, 1.54) is 11.1 Å². The molecule has 0 spiro atoms. The molecular weight excluding hydrogens is 324 g/mol. The Kier molecular flexibility index (Phi) is 6.12. The largest absolute Gasteiger partial charge is 0.309 e. The number of benzene rings is 3. The number of nitrogens with zero attached hydrogens (tertiary/aromatic N) is 1. The summed E-state index contributed by atoms with van der Waals surface area (Å²) in [6.07, 6.45) is 1.87. The highest BCUT2D eigenvalue weighted by Gasteiger charge is 2.11. The minimum atomic E-state index is -0.370. The van der Waals surface area contributed by atoms with Crippen LogP contribution in [-0.4, -0.2) is 11.0 Å². The van der Waals surface area contributed by atoms with Crippen molar-refractivity contribution in [2.24, 2.45) is 0 Å². The number of non-ortho nitro benzene ring substituents is 1. The fourth-order valence-corrected chi connectivity index (χ4v) is 3.01. The zero-order valence-corrected chi connectivity index (χ0v) is 14.5. The number of nitrogens with one attached hydrogen (secondary N) is 1. The Balaban J connectivity index is 1.67. The van der Waals surface area contributed by atoms with Crippen molar-refractivity contribution in [1.82, 2.24) is 5.32 Å². The van der Waals surface area contributed by atoms with Gasteiger partial charge in [-0.2, -0.15) is 0 Å². The summed E-state index contributed by atoms with van der Waals surface area (Å²) in [5.41, 5.74) is 3.76. The second-order valence-electron chi connectivity index (χ2n) is 6.38. The third-order valence-corrected chi connectivity index (χ3v) is 4.39. The molecule has 4 nitrogen and oxygen atoms in total. The average Bonchev–Trinajstić information content (AvgIpc) is 2.68. The number of hydrogen-bond acceptors (Lipinski definition) is 3. The molecule has 0 bridgehead atoms. The molecule has 26 heavy (non-hydrogen) atoms. The van der Waals surface area contributed by atoms with E-state index in [-0.39, 0.29) is 16.7 Å². The Hall–Kier alpha value is -2.98. The molecule has 0 atom stereocenters. The van der Waals surface area contributed by atoms with E-state index in [2.05, 4.69) is 53.8 Å². The van der Waals surface area contributed by atoms with Gasteiger partial charge in [-0.25, -0.2) is 0 Å². The van der Waals surface area contributed by atoms with Crippen molar-refractivity contribution in [1.29, 1.82) is 0 Å². The van der Waals surface area contributed by atoms with E-state index < -0.39 is 0 Å². The molecule has 3 aromatic carbocycles. The zero-order valence-electron chi connectivity index (χ0n) is 14.5. The first kappa shape index (κ1) is 17.8. The van der Waals surface area contributed by atoms with Crippen LogP contribution < -0.4 is 5.32 Å². The molecule has 0 aliphatic heterocycles. The van der Waals surface area contributed by atoms with E-state index in [1.807, 2.05) is 24.3 Å². The van der Waals surface area contributed by atoms with E-state index in [0.29, 0.717) is 6.54 Å². The first-order valence-electron chi connectivity index (χ1n) is 8.75. The lowest BCUT2D eigenvalue weighted by Crippen LogP contribution is -2.32. The van der Waals surface area contributed by atoms with Crippen LogP contribution in [0.5, 0.6) is 0 Å². The quantitative estimate of drug-likeness (QED) is 0.481. The van der Waals surface area contributed by atoms with E-state index in [9.17, 15) is 10.1 Å². The topological polar surface area (TPSA) is 55.2 Å². The summed E-state index contributed by atoms with van der Waals surface area (Å²) >= 11 is 0. The third kappa shape index (κ3) is 5.26. The van der Waals surface area contributed by atoms with Gasteiger partial charge >= 0.3 is 0 Å². The van der Waals surface area contributed by atoms with Gasteiger partial charge in [0.05, 0.1) is 4.92 Å². The van der Waals surface area contributed by atoms with Crippen molar-refractivity contribution >= 4 is 5.69 Å². The first-order chi connectivity index (χ1) is 12.7. The van der Waals surface area contributed by atoms with Gasteiger partial charge in [-0.1, -0.05) is 72.8 Å². The molecule has 0 amide bonds. The summed E-state index contributed by atoms with van der Waals surface area (Å²) in [7, 11) is 0. The van der Waals surface area contributed by atoms with Gasteiger partial charge in [0.1, 0.15) is 0 Å². The van der Waals surface area contributed by atoms with Crippen LogP contribution in [0.25, 0.3) is 0 Å². The maximum absolute atomic E-state index is 10.8. The summed E-state index contributed by atoms with van der Waals surface area (Å²) in [6.45, 7) is 0.683. The molecule has 0 aliphatic rings. The molecule has 0 radical (unpaired) electrons. The Morgan fingerprint density at radius 1 is 0.731 bits per heavy atom. The highest BCUT2D eigenvalue weighted by molar-refractivity contribution is 5.33. The molecule has 4 heteroatoms. The molecule has 0 unspecified atom stereocenters. The molecule has 0 heterocycles. The van der Waals surface area contributed by atoms with Gasteiger partial charge in [0, 0.05) is 24.7 Å². The maximum Gasteiger partial charge on any atom is 0.269 e. The number of nitro benzene ring substituents is 1. The molecule has 0 saturated carbocycles. The van der Waals surface area contributed by atoms with Gasteiger partial charge in [0.15, 0.2) is 0 Å². The van der Waals surface area contributed by atoms with Gasteiger partial charge in [-0.15, -0.1) is 0 Å². The molecule has 0 fully saturated rings. The lowest BCUT2D eigenvalue weighted by atomic mass is 9.98. The smallest absolute Gasteiger partial charge is 0.269 e. The summed E-state index contributed by atoms with van der Waals surface area (Å²) in [5.74, 6) is 0. The minimum Gasteiger partial charge on any atom is -0.309 e. The lowest BCUT2D eigenvalue weighted by molar-refractivity contribution is -0.384. The van der Waals surface area contributed by atoms with Crippen molar-refractivity contribution in [2.75, 3.05) is 0 Å². The average molecular weight is 346 g/mol. The fourth-order valence-electron chi connectivity index (χ4n) is 3.01. The Morgan fingerprint density at radius 3 is 1.69 bits per heavy atom. The highest BCUT2D eigenvalue weighted by Crippen LogP contribution is 2.13. The van der Waals surface area contributed by atoms with Gasteiger partial charge in [0.2, 0.25) is 0 Å². The number of hydrogen-bond donors (Lipinski definition) is 1. The van der Waals surface area contributed by atoms with Crippen molar-refractivity contribution < 1.29 is 4.92 Å². The second-order valence-corrected chi connectivity index (χ2v) is 6.38. The molecule has 0 aromatic heterocycles. The minimum absolute atomic E-state index is 0.124. The van der Waals surface area contributed by atoms with Crippen LogP contribution in [0, 0.1) is 10.1 Å². The zero-order chi connectivity index (χ0) is 18.2. The van der Waals surface area contributed by atoms with E-state index in [4.69, 9.17) is 0 Å². The second kappa shape index (κ2) is 8.92. The van der Waals surface area contributed by atoms with Crippen LogP contribution in [0.3, 0.4) is 0 Å². The fraction of sp³-hybridized carbons (Fsp3) is 0.182. The SMILES string of the molecule is O=[N+]([O-])c1ccc(CNC(Cc2ccccc2)Cc2ccccc2)cc1. The lowest BCUT2D eigenvalue weighted by Gasteiger charge is -2.19. The normalized spacial score (nSPS) is 10.8. The van der Waals surface area contributed by atoms with Crippen LogP contribution >= 0.6 is 0 Å². The summed E-state index contributed by atoms with van der Waals surface area (Å²) < 4.78 is 0. The summed E-state index contributed by atoms with van der Waals surface area (Å²) in [5, 5.41) is 14.4. The molecule has 1 N–H and O–H groups in total. The number of rotatable bonds is 8. The summed E-state index contributed by atoms with van der Waals surface area (Å²) in [4.78, 5) is 10.4. The van der Waals surface area contributed by atoms with Crippen molar-refractivity contribution in [2.45, 2.75) is 25.4 Å². The Bertz CT molecular complexity index is 776. The molecule has 3 aromatic rings. The molecule has 132 valence electrons. The monoisotopic (exact) mass is 346 g/mol. The number of nitro groups is 1. The van der Waals surface area contributed by atoms with Crippen LogP contribution in [0.15, 0.2) is 84.9 Å². The molecule has 3 rings (SSSR count). The summed E-state index contributed by atoms with van der Waals surface area (Å²) in [6, 6.07) is 27.9. The van der Waals surface area contributed by atoms with E-state index in [1.54, 1.807) is 12.1 Å². The van der Waals surface area contributed by atoms with Crippen molar-refractivity contribution in [3.8, 4) is 0 Å². The third-order valence-electron chi connectivity index (χ3n) is 4.39. The molecular formula is C22H22N2O2. The predicted octanol–water partition coefficient (Wildman–Crippen LogP) is 4.54. The Morgan fingerprint density at radius 2 is 1.23 bits per heavy atom. The maximum atomic E-state index is 10.8. The van der Waals surface area contributed by atoms with Crippen LogP contribution in [0.2, 0.25) is 0 Å². The van der Waals surface area contributed by atoms with Gasteiger partial charge in [-0.3, -0.25) is 10.1 Å². The highest BCUT2D eigenvalue weighted by atomic mass is 16.6. The van der Waals surface area contributed by atoms with E-state index >= 15 is 0 Å². The van der Waals surface area contributed by atoms with Gasteiger partial charge in [0.25, 0.3) is 5.69 Å². The standard InChI is InChI=1S/C22H22N2O2/c25-24(26)22-13-11-20(12-14-22)17-23-21(15-18-7-3-1-4-8-18)16-19-9-5-2-6-10-19/h1-14,21,23H,15-17H2. The van der Waals surface area contributed by atoms with Crippen LogP contribution in [0.4, 0.5) is 5.69 Å². The predicted molar refractivity (Wildman–Crippen MR) is 104 cm³/mol. The van der Waals surface area contributed by atoms with Crippen molar-refractivity contribution in [3.05, 3.63) is 112 Å². The van der Waals surface area contributed by atoms with E-state index in [0.717, 1.165) is 18.4 Å². The van der Waals surface area contributed by atoms with Crippen LogP contribution in [-0.2, 0) is 19.4 Å². The van der Waals surface area contributed by atoms with Crippen molar-refractivity contribution in [3.63, 3.8) is 0 Å². The first-order valence-corrected chi connectivity index (χ1v) is 8.75. The Labute approximate surface area is 153 Å². The molecule has 0 saturated heterocycles. The molecule has 0 aliphatic carbocycles. The van der Waals surface area contributed by atoms with Crippen LogP contribution in [0.1, 0.15) is 16.7 Å².